The largest absolute Gasteiger partial charge is 0.375 e. The average molecular weight is 136 g/mol. The monoisotopic (exact) mass is 135 g/mol. The molecule has 2 nitrogen and oxygen atoms in total. The molecule has 1 saturated heterocycles. The van der Waals surface area contributed by atoms with Crippen LogP contribution in [0.5, 0.6) is 0 Å². The molecule has 1 aliphatic carbocycles. The zero-order valence-corrected chi connectivity index (χ0v) is 5.41. The minimum atomic E-state index is 0. The predicted molar refractivity (Wildman–Crippen MR) is 33.4 cm³/mol. The van der Waals surface area contributed by atoms with Crippen LogP contribution in [-0.4, -0.2) is 25.3 Å². The lowest BCUT2D eigenvalue weighted by molar-refractivity contribution is 0.0922. The fourth-order valence-corrected chi connectivity index (χ4v) is 1.03. The first-order chi connectivity index (χ1) is 3.47. The maximum Gasteiger partial charge on any atom is 0.0745 e. The van der Waals surface area contributed by atoms with Crippen molar-refractivity contribution in [1.29, 1.82) is 0 Å². The fourth-order valence-electron chi connectivity index (χ4n) is 1.03. The number of morpholine rings is 1. The molecular weight excluding hydrogens is 126 g/mol. The fraction of sp³-hybridized carbons (Fsp3) is 1.00. The Bertz CT molecular complexity index is 78.5. The van der Waals surface area contributed by atoms with E-state index in [1.807, 2.05) is 0 Å². The van der Waals surface area contributed by atoms with Gasteiger partial charge in [-0.1, -0.05) is 0 Å². The van der Waals surface area contributed by atoms with Crippen molar-refractivity contribution in [3.63, 3.8) is 0 Å². The lowest BCUT2D eigenvalue weighted by atomic mass is 10.5. The van der Waals surface area contributed by atoms with Crippen molar-refractivity contribution in [2.45, 2.75) is 18.6 Å². The van der Waals surface area contributed by atoms with Gasteiger partial charge >= 0.3 is 0 Å². The summed E-state index contributed by atoms with van der Waals surface area (Å²) in [6, 6.07) is 0.730. The molecule has 0 aromatic heterocycles. The quantitative estimate of drug-likeness (QED) is 0.511. The molecular formula is C5H10ClNO. The highest BCUT2D eigenvalue weighted by Gasteiger charge is 2.39. The molecule has 2 atom stereocenters. The number of ether oxygens (including phenoxy) is 1. The summed E-state index contributed by atoms with van der Waals surface area (Å²) in [5.41, 5.74) is 0. The summed E-state index contributed by atoms with van der Waals surface area (Å²) in [7, 11) is 0. The van der Waals surface area contributed by atoms with Gasteiger partial charge in [-0.25, -0.2) is 0 Å². The molecule has 48 valence electrons. The van der Waals surface area contributed by atoms with Crippen LogP contribution in [0, 0.1) is 0 Å². The summed E-state index contributed by atoms with van der Waals surface area (Å²) in [5, 5.41) is 3.33. The topological polar surface area (TPSA) is 21.3 Å². The molecule has 3 heteroatoms. The molecule has 0 bridgehead atoms. The number of halogens is 1. The van der Waals surface area contributed by atoms with Crippen molar-refractivity contribution in [1.82, 2.24) is 5.32 Å². The van der Waals surface area contributed by atoms with Gasteiger partial charge in [0, 0.05) is 12.6 Å². The van der Waals surface area contributed by atoms with E-state index in [0.29, 0.717) is 6.10 Å². The Balaban J connectivity index is 0.000000320. The molecule has 1 N–H and O–H groups in total. The first-order valence-corrected chi connectivity index (χ1v) is 2.82. The SMILES string of the molecule is C1CO[C@H]2C[C@H]2N1.Cl. The van der Waals surface area contributed by atoms with Crippen molar-refractivity contribution in [3.05, 3.63) is 0 Å². The third-order valence-corrected chi connectivity index (χ3v) is 1.57. The molecule has 1 aliphatic heterocycles. The molecule has 0 aromatic rings. The summed E-state index contributed by atoms with van der Waals surface area (Å²) in [6.45, 7) is 1.97. The summed E-state index contributed by atoms with van der Waals surface area (Å²) in [6.07, 6.45) is 1.84. The second kappa shape index (κ2) is 2.21. The summed E-state index contributed by atoms with van der Waals surface area (Å²) >= 11 is 0. The van der Waals surface area contributed by atoms with Gasteiger partial charge in [-0.2, -0.15) is 0 Å². The molecule has 0 spiro atoms. The first-order valence-electron chi connectivity index (χ1n) is 2.82. The van der Waals surface area contributed by atoms with Crippen LogP contribution < -0.4 is 5.32 Å². The van der Waals surface area contributed by atoms with Gasteiger partial charge in [0.2, 0.25) is 0 Å². The summed E-state index contributed by atoms with van der Waals surface area (Å²) in [4.78, 5) is 0. The molecule has 2 rings (SSSR count). The van der Waals surface area contributed by atoms with Gasteiger partial charge < -0.3 is 10.1 Å². The molecule has 1 heterocycles. The summed E-state index contributed by atoms with van der Waals surface area (Å²) in [5.74, 6) is 0. The van der Waals surface area contributed by atoms with E-state index < -0.39 is 0 Å². The summed E-state index contributed by atoms with van der Waals surface area (Å²) < 4.78 is 5.29. The molecule has 0 unspecified atom stereocenters. The molecule has 0 radical (unpaired) electrons. The zero-order chi connectivity index (χ0) is 4.69. The van der Waals surface area contributed by atoms with Crippen LogP contribution in [0.4, 0.5) is 0 Å². The highest BCUT2D eigenvalue weighted by molar-refractivity contribution is 5.85. The van der Waals surface area contributed by atoms with Crippen molar-refractivity contribution in [3.8, 4) is 0 Å². The van der Waals surface area contributed by atoms with Crippen LogP contribution in [0.3, 0.4) is 0 Å². The van der Waals surface area contributed by atoms with Gasteiger partial charge in [0.25, 0.3) is 0 Å². The van der Waals surface area contributed by atoms with E-state index in [1.165, 1.54) is 6.42 Å². The third-order valence-electron chi connectivity index (χ3n) is 1.57. The number of nitrogens with one attached hydrogen (secondary N) is 1. The van der Waals surface area contributed by atoms with Gasteiger partial charge in [-0.05, 0) is 6.42 Å². The van der Waals surface area contributed by atoms with Crippen LogP contribution in [0.1, 0.15) is 6.42 Å². The average Bonchev–Trinajstić information content (AvgIpc) is 2.41. The predicted octanol–water partition coefficient (Wildman–Crippen LogP) is 0.169. The van der Waals surface area contributed by atoms with Gasteiger partial charge in [-0.15, -0.1) is 12.4 Å². The van der Waals surface area contributed by atoms with Crippen LogP contribution in [0.2, 0.25) is 0 Å². The van der Waals surface area contributed by atoms with Crippen LogP contribution >= 0.6 is 12.4 Å². The van der Waals surface area contributed by atoms with Crippen molar-refractivity contribution >= 4 is 12.4 Å². The molecule has 2 fully saturated rings. The van der Waals surface area contributed by atoms with E-state index in [-0.39, 0.29) is 12.4 Å². The van der Waals surface area contributed by atoms with E-state index in [0.717, 1.165) is 19.2 Å². The third kappa shape index (κ3) is 0.966. The Morgan fingerprint density at radius 3 is 2.88 bits per heavy atom. The molecule has 0 amide bonds. The Morgan fingerprint density at radius 2 is 2.38 bits per heavy atom. The lowest BCUT2D eigenvalue weighted by Crippen LogP contribution is -2.30. The van der Waals surface area contributed by atoms with Gasteiger partial charge in [0.05, 0.1) is 12.7 Å². The Kier molecular flexibility index (Phi) is 1.75. The van der Waals surface area contributed by atoms with Gasteiger partial charge in [0.1, 0.15) is 0 Å². The maximum atomic E-state index is 5.29. The lowest BCUT2D eigenvalue weighted by Gasteiger charge is -2.09. The minimum Gasteiger partial charge on any atom is -0.375 e. The highest BCUT2D eigenvalue weighted by Crippen LogP contribution is 2.26. The van der Waals surface area contributed by atoms with E-state index in [4.69, 9.17) is 4.74 Å². The Hall–Kier alpha value is 0.210. The Labute approximate surface area is 55.0 Å². The normalized spacial score (nSPS) is 42.0. The molecule has 1 saturated carbocycles. The van der Waals surface area contributed by atoms with E-state index in [1.54, 1.807) is 0 Å². The van der Waals surface area contributed by atoms with E-state index in [9.17, 15) is 0 Å². The standard InChI is InChI=1S/C5H9NO.ClH/c1-2-7-5-3-4(5)6-1;/h4-6H,1-3H2;1H/t4-,5+;/m1./s1. The first kappa shape index (κ1) is 6.33. The highest BCUT2D eigenvalue weighted by atomic mass is 35.5. The second-order valence-electron chi connectivity index (χ2n) is 2.21. The van der Waals surface area contributed by atoms with Crippen LogP contribution in [0.15, 0.2) is 0 Å². The molecule has 0 aromatic carbocycles. The van der Waals surface area contributed by atoms with E-state index >= 15 is 0 Å². The van der Waals surface area contributed by atoms with E-state index in [2.05, 4.69) is 5.32 Å². The smallest absolute Gasteiger partial charge is 0.0745 e. The maximum absolute atomic E-state index is 5.29. The van der Waals surface area contributed by atoms with Crippen molar-refractivity contribution in [2.24, 2.45) is 0 Å². The number of fused-ring (bicyclic) bond motifs is 1. The van der Waals surface area contributed by atoms with Crippen LogP contribution in [-0.2, 0) is 4.74 Å². The van der Waals surface area contributed by atoms with Gasteiger partial charge in [-0.3, -0.25) is 0 Å². The van der Waals surface area contributed by atoms with Crippen molar-refractivity contribution in [2.75, 3.05) is 13.2 Å². The zero-order valence-electron chi connectivity index (χ0n) is 4.59. The second-order valence-corrected chi connectivity index (χ2v) is 2.21. The minimum absolute atomic E-state index is 0. The number of hydrogen-bond donors (Lipinski definition) is 1. The van der Waals surface area contributed by atoms with Gasteiger partial charge in [0.15, 0.2) is 0 Å². The molecule has 2 aliphatic rings. The number of rotatable bonds is 0. The molecule has 8 heavy (non-hydrogen) atoms. The number of hydrogen-bond acceptors (Lipinski definition) is 2. The Morgan fingerprint density at radius 1 is 1.50 bits per heavy atom. The van der Waals surface area contributed by atoms with Crippen LogP contribution in [0.25, 0.3) is 0 Å². The van der Waals surface area contributed by atoms with Crippen molar-refractivity contribution < 1.29 is 4.74 Å².